The first kappa shape index (κ1) is 14.0. The summed E-state index contributed by atoms with van der Waals surface area (Å²) >= 11 is 2.44. The molecule has 1 aromatic carbocycles. The molecule has 0 saturated heterocycles. The predicted molar refractivity (Wildman–Crippen MR) is 83.6 cm³/mol. The molecule has 2 rings (SSSR count). The van der Waals surface area contributed by atoms with Gasteiger partial charge in [-0.3, -0.25) is 0 Å². The molecule has 0 aliphatic heterocycles. The molecule has 0 nitrogen and oxygen atoms in total. The number of benzene rings is 1. The van der Waals surface area contributed by atoms with Gasteiger partial charge in [0.1, 0.15) is 5.82 Å². The molecule has 0 saturated carbocycles. The fourth-order valence-corrected chi connectivity index (χ4v) is 3.91. The van der Waals surface area contributed by atoms with Gasteiger partial charge in [0.15, 0.2) is 0 Å². The van der Waals surface area contributed by atoms with Crippen LogP contribution < -0.4 is 0 Å². The quantitative estimate of drug-likeness (QED) is 0.635. The molecule has 0 fully saturated rings. The van der Waals surface area contributed by atoms with Crippen LogP contribution in [0, 0.1) is 11.7 Å². The highest BCUT2D eigenvalue weighted by atomic mass is 127. The van der Waals surface area contributed by atoms with E-state index < -0.39 is 0 Å². The van der Waals surface area contributed by atoms with Crippen molar-refractivity contribution in [1.82, 2.24) is 0 Å². The van der Waals surface area contributed by atoms with E-state index in [4.69, 9.17) is 0 Å². The summed E-state index contributed by atoms with van der Waals surface area (Å²) in [5, 5.41) is 0. The predicted octanol–water partition coefficient (Wildman–Crippen LogP) is 5.39. The zero-order valence-corrected chi connectivity index (χ0v) is 13.4. The number of rotatable bonds is 3. The lowest BCUT2D eigenvalue weighted by Gasteiger charge is -2.28. The van der Waals surface area contributed by atoms with Gasteiger partial charge in [0.25, 0.3) is 0 Å². The lowest BCUT2D eigenvalue weighted by molar-refractivity contribution is 0.351. The van der Waals surface area contributed by atoms with Crippen molar-refractivity contribution in [2.75, 3.05) is 0 Å². The van der Waals surface area contributed by atoms with Gasteiger partial charge < -0.3 is 0 Å². The van der Waals surface area contributed by atoms with Crippen molar-refractivity contribution in [2.45, 2.75) is 45.4 Å². The summed E-state index contributed by atoms with van der Waals surface area (Å²) in [6.07, 6.45) is 5.57. The smallest absolute Gasteiger partial charge is 0.123 e. The third kappa shape index (κ3) is 2.63. The van der Waals surface area contributed by atoms with Crippen LogP contribution in [-0.2, 0) is 11.8 Å². The molecule has 0 aromatic heterocycles. The maximum atomic E-state index is 13.4. The average Bonchev–Trinajstić information content (AvgIpc) is 2.52. The molecule has 0 radical (unpaired) electrons. The molecular weight excluding hydrogens is 338 g/mol. The highest BCUT2D eigenvalue weighted by Crippen LogP contribution is 2.46. The van der Waals surface area contributed by atoms with Gasteiger partial charge in [0, 0.05) is 0 Å². The van der Waals surface area contributed by atoms with Gasteiger partial charge in [-0.1, -0.05) is 32.9 Å². The molecule has 1 unspecified atom stereocenters. The van der Waals surface area contributed by atoms with Crippen molar-refractivity contribution in [3.05, 3.63) is 44.8 Å². The van der Waals surface area contributed by atoms with Gasteiger partial charge in [-0.2, -0.15) is 0 Å². The van der Waals surface area contributed by atoms with Gasteiger partial charge in [0.05, 0.1) is 0 Å². The van der Waals surface area contributed by atoms with Crippen LogP contribution in [0.2, 0.25) is 0 Å². The number of hydrogen-bond donors (Lipinski definition) is 0. The van der Waals surface area contributed by atoms with Crippen molar-refractivity contribution in [3.8, 4) is 0 Å². The second-order valence-corrected chi connectivity index (χ2v) is 7.07. The largest absolute Gasteiger partial charge is 0.207 e. The van der Waals surface area contributed by atoms with Gasteiger partial charge in [-0.05, 0) is 80.0 Å². The summed E-state index contributed by atoms with van der Waals surface area (Å²) in [4.78, 5) is 0. The van der Waals surface area contributed by atoms with Crippen molar-refractivity contribution >= 4 is 22.6 Å². The molecule has 2 heteroatoms. The van der Waals surface area contributed by atoms with Crippen LogP contribution in [-0.4, -0.2) is 0 Å². The van der Waals surface area contributed by atoms with Crippen LogP contribution >= 0.6 is 22.6 Å². The summed E-state index contributed by atoms with van der Waals surface area (Å²) in [6.45, 7) is 6.67. The first-order valence-electron chi connectivity index (χ1n) is 6.58. The van der Waals surface area contributed by atoms with Gasteiger partial charge in [-0.25, -0.2) is 4.39 Å². The zero-order valence-electron chi connectivity index (χ0n) is 11.3. The molecule has 1 aromatic rings. The Labute approximate surface area is 123 Å². The minimum absolute atomic E-state index is 0.0788. The van der Waals surface area contributed by atoms with Crippen LogP contribution in [0.3, 0.4) is 0 Å². The van der Waals surface area contributed by atoms with Crippen LogP contribution in [0.25, 0.3) is 0 Å². The molecule has 1 atom stereocenters. The van der Waals surface area contributed by atoms with Crippen molar-refractivity contribution in [2.24, 2.45) is 5.92 Å². The zero-order chi connectivity index (χ0) is 13.3. The van der Waals surface area contributed by atoms with E-state index in [9.17, 15) is 4.39 Å². The van der Waals surface area contributed by atoms with E-state index in [-0.39, 0.29) is 11.2 Å². The lowest BCUT2D eigenvalue weighted by atomic mass is 9.77. The number of hydrogen-bond acceptors (Lipinski definition) is 0. The first-order valence-corrected chi connectivity index (χ1v) is 7.66. The van der Waals surface area contributed by atoms with Crippen molar-refractivity contribution in [1.29, 1.82) is 0 Å². The van der Waals surface area contributed by atoms with E-state index in [1.807, 2.05) is 6.07 Å². The topological polar surface area (TPSA) is 0 Å². The molecule has 1 aliphatic rings. The van der Waals surface area contributed by atoms with Gasteiger partial charge >= 0.3 is 0 Å². The second kappa shape index (κ2) is 5.32. The third-order valence-electron chi connectivity index (χ3n) is 4.12. The Bertz CT molecular complexity index is 474. The molecule has 0 bridgehead atoms. The Morgan fingerprint density at radius 1 is 1.50 bits per heavy atom. The minimum atomic E-state index is -0.110. The summed E-state index contributed by atoms with van der Waals surface area (Å²) in [7, 11) is 0. The third-order valence-corrected chi connectivity index (χ3v) is 5.00. The molecule has 0 spiro atoms. The summed E-state index contributed by atoms with van der Waals surface area (Å²) in [5.41, 5.74) is 2.61. The average molecular weight is 358 g/mol. The van der Waals surface area contributed by atoms with Crippen molar-refractivity contribution < 1.29 is 4.39 Å². The lowest BCUT2D eigenvalue weighted by Crippen LogP contribution is -2.24. The minimum Gasteiger partial charge on any atom is -0.207 e. The monoisotopic (exact) mass is 358 g/mol. The van der Waals surface area contributed by atoms with Crippen LogP contribution in [0.15, 0.2) is 27.9 Å². The number of allylic oxidation sites excluding steroid dienone is 2. The Balaban J connectivity index is 2.26. The van der Waals surface area contributed by atoms with Gasteiger partial charge in [0.2, 0.25) is 0 Å². The van der Waals surface area contributed by atoms with Gasteiger partial charge in [-0.15, -0.1) is 0 Å². The van der Waals surface area contributed by atoms with Crippen LogP contribution in [0.4, 0.5) is 4.39 Å². The molecular formula is C16H20FI. The Morgan fingerprint density at radius 3 is 2.89 bits per heavy atom. The SMILES string of the molecule is CC/C=C(/I)CC1Cc2ccc(F)cc2C1(C)C. The molecule has 18 heavy (non-hydrogen) atoms. The van der Waals surface area contributed by atoms with E-state index in [0.29, 0.717) is 5.92 Å². The van der Waals surface area contributed by atoms with Crippen LogP contribution in [0.5, 0.6) is 0 Å². The van der Waals surface area contributed by atoms with E-state index in [0.717, 1.165) is 19.3 Å². The first-order chi connectivity index (χ1) is 8.45. The Hall–Kier alpha value is -0.380. The van der Waals surface area contributed by atoms with Crippen molar-refractivity contribution in [3.63, 3.8) is 0 Å². The maximum absolute atomic E-state index is 13.4. The highest BCUT2D eigenvalue weighted by Gasteiger charge is 2.39. The standard InChI is InChI=1S/C16H20FI/c1-4-5-14(18)9-12-8-11-6-7-13(17)10-15(11)16(12,2)3/h5-7,10,12H,4,8-9H2,1-3H3/b14-5+. The van der Waals surface area contributed by atoms with E-state index in [2.05, 4.69) is 49.4 Å². The Kier molecular flexibility index (Phi) is 4.15. The number of fused-ring (bicyclic) bond motifs is 1. The summed E-state index contributed by atoms with van der Waals surface area (Å²) in [5.74, 6) is 0.477. The fraction of sp³-hybridized carbons (Fsp3) is 0.500. The maximum Gasteiger partial charge on any atom is 0.123 e. The molecule has 0 heterocycles. The molecule has 0 amide bonds. The second-order valence-electron chi connectivity index (χ2n) is 5.69. The van der Waals surface area contributed by atoms with E-state index in [1.54, 1.807) is 12.1 Å². The molecule has 98 valence electrons. The fourth-order valence-electron chi connectivity index (χ4n) is 2.93. The van der Waals surface area contributed by atoms with Crippen LogP contribution in [0.1, 0.15) is 44.7 Å². The summed E-state index contributed by atoms with van der Waals surface area (Å²) in [6, 6.07) is 5.28. The molecule has 1 aliphatic carbocycles. The normalized spacial score (nSPS) is 22.1. The Morgan fingerprint density at radius 2 is 2.22 bits per heavy atom. The molecule has 0 N–H and O–H groups in total. The highest BCUT2D eigenvalue weighted by molar-refractivity contribution is 14.1. The van der Waals surface area contributed by atoms with E-state index in [1.165, 1.54) is 14.7 Å². The number of halogens is 2. The summed E-state index contributed by atoms with van der Waals surface area (Å²) < 4.78 is 14.8. The van der Waals surface area contributed by atoms with E-state index >= 15 is 0 Å².